The summed E-state index contributed by atoms with van der Waals surface area (Å²) in [4.78, 5) is 0. The summed E-state index contributed by atoms with van der Waals surface area (Å²) in [6.07, 6.45) is 0. The fourth-order valence-electron chi connectivity index (χ4n) is 2.70. The summed E-state index contributed by atoms with van der Waals surface area (Å²) in [6, 6.07) is 14.0. The van der Waals surface area contributed by atoms with Gasteiger partial charge in [0, 0.05) is 11.1 Å². The van der Waals surface area contributed by atoms with Crippen molar-refractivity contribution in [3.63, 3.8) is 0 Å². The average Bonchev–Trinajstić information content (AvgIpc) is 2.68. The monoisotopic (exact) mass is 431 g/mol. The molecule has 28 heavy (non-hydrogen) atoms. The quantitative estimate of drug-likeness (QED) is 0.191. The molecule has 0 radical (unpaired) electrons. The SMILES string of the molecule is N#C/C(=N\Nc1c(-c2c(O)ccc3ccccc23)cc(Cl)c(Cl)c1Cl)C(=N)N. The van der Waals surface area contributed by atoms with Gasteiger partial charge >= 0.3 is 0 Å². The van der Waals surface area contributed by atoms with Crippen LogP contribution in [0.2, 0.25) is 15.1 Å². The van der Waals surface area contributed by atoms with Gasteiger partial charge in [-0.25, -0.2) is 0 Å². The van der Waals surface area contributed by atoms with E-state index in [9.17, 15) is 5.11 Å². The van der Waals surface area contributed by atoms with Crippen LogP contribution in [-0.2, 0) is 0 Å². The summed E-state index contributed by atoms with van der Waals surface area (Å²) < 4.78 is 0. The van der Waals surface area contributed by atoms with Crippen LogP contribution in [0, 0.1) is 16.7 Å². The van der Waals surface area contributed by atoms with Gasteiger partial charge in [-0.05, 0) is 22.9 Å². The number of hydrogen-bond donors (Lipinski definition) is 4. The fourth-order valence-corrected chi connectivity index (χ4v) is 3.35. The van der Waals surface area contributed by atoms with Gasteiger partial charge in [0.05, 0.1) is 20.8 Å². The van der Waals surface area contributed by atoms with E-state index in [2.05, 4.69) is 10.5 Å². The lowest BCUT2D eigenvalue weighted by Gasteiger charge is -2.17. The number of amidine groups is 1. The largest absolute Gasteiger partial charge is 0.507 e. The van der Waals surface area contributed by atoms with Gasteiger partial charge in [-0.2, -0.15) is 10.4 Å². The van der Waals surface area contributed by atoms with Gasteiger partial charge in [0.25, 0.3) is 0 Å². The molecule has 0 saturated heterocycles. The van der Waals surface area contributed by atoms with E-state index in [-0.39, 0.29) is 32.2 Å². The van der Waals surface area contributed by atoms with Gasteiger partial charge < -0.3 is 10.8 Å². The molecule has 5 N–H and O–H groups in total. The van der Waals surface area contributed by atoms with Gasteiger partial charge in [-0.1, -0.05) is 65.1 Å². The number of aromatic hydroxyl groups is 1. The molecule has 0 aliphatic heterocycles. The van der Waals surface area contributed by atoms with Crippen LogP contribution in [0.5, 0.6) is 5.75 Å². The molecule has 3 aromatic rings. The van der Waals surface area contributed by atoms with Crippen LogP contribution >= 0.6 is 34.8 Å². The Hall–Kier alpha value is -2.98. The predicted molar refractivity (Wildman–Crippen MR) is 115 cm³/mol. The number of fused-ring (bicyclic) bond motifs is 1. The molecular weight excluding hydrogens is 421 g/mol. The second-order valence-corrected chi connectivity index (χ2v) is 6.85. The fraction of sp³-hybridized carbons (Fsp3) is 0. The number of nitrogens with zero attached hydrogens (tertiary/aromatic N) is 2. The van der Waals surface area contributed by atoms with Gasteiger partial charge in [0.15, 0.2) is 5.84 Å². The molecular formula is C19H12Cl3N5O. The Bertz CT molecular complexity index is 1180. The third kappa shape index (κ3) is 3.56. The summed E-state index contributed by atoms with van der Waals surface area (Å²) in [7, 11) is 0. The van der Waals surface area contributed by atoms with Crippen LogP contribution < -0.4 is 11.2 Å². The molecule has 0 amide bonds. The lowest BCUT2D eigenvalue weighted by Crippen LogP contribution is -2.22. The second-order valence-electron chi connectivity index (χ2n) is 5.69. The van der Waals surface area contributed by atoms with E-state index in [1.807, 2.05) is 24.3 Å². The third-order valence-corrected chi connectivity index (χ3v) is 5.24. The summed E-state index contributed by atoms with van der Waals surface area (Å²) in [5.41, 5.74) is 8.69. The zero-order valence-corrected chi connectivity index (χ0v) is 16.4. The molecule has 140 valence electrons. The topological polar surface area (TPSA) is 118 Å². The Balaban J connectivity index is 2.33. The molecule has 0 bridgehead atoms. The van der Waals surface area contributed by atoms with Crippen molar-refractivity contribution in [1.29, 1.82) is 10.7 Å². The number of nitrogens with one attached hydrogen (secondary N) is 2. The predicted octanol–water partition coefficient (Wildman–Crippen LogP) is 5.40. The van der Waals surface area contributed by atoms with E-state index in [1.165, 1.54) is 6.07 Å². The van der Waals surface area contributed by atoms with E-state index >= 15 is 0 Å². The highest BCUT2D eigenvalue weighted by Crippen LogP contribution is 2.47. The number of hydrazone groups is 1. The molecule has 0 unspecified atom stereocenters. The summed E-state index contributed by atoms with van der Waals surface area (Å²) in [5.74, 6) is -0.520. The molecule has 0 saturated carbocycles. The number of nitriles is 1. The first-order valence-corrected chi connectivity index (χ1v) is 8.95. The number of anilines is 1. The maximum Gasteiger partial charge on any atom is 0.201 e. The highest BCUT2D eigenvalue weighted by Gasteiger charge is 2.20. The van der Waals surface area contributed by atoms with Gasteiger partial charge in [0.1, 0.15) is 11.8 Å². The summed E-state index contributed by atoms with van der Waals surface area (Å²) >= 11 is 18.7. The Morgan fingerprint density at radius 2 is 1.86 bits per heavy atom. The van der Waals surface area contributed by atoms with Crippen molar-refractivity contribution in [2.45, 2.75) is 0 Å². The van der Waals surface area contributed by atoms with Crippen molar-refractivity contribution in [2.75, 3.05) is 5.43 Å². The molecule has 3 aromatic carbocycles. The molecule has 3 rings (SSSR count). The Labute approximate surface area is 175 Å². The first-order valence-electron chi connectivity index (χ1n) is 7.82. The third-order valence-electron chi connectivity index (χ3n) is 3.98. The van der Waals surface area contributed by atoms with Crippen LogP contribution in [0.3, 0.4) is 0 Å². The van der Waals surface area contributed by atoms with Crippen LogP contribution in [0.4, 0.5) is 5.69 Å². The number of halogens is 3. The normalized spacial score (nSPS) is 11.3. The van der Waals surface area contributed by atoms with Gasteiger partial charge in [-0.15, -0.1) is 0 Å². The standard InChI is InChI=1S/C19H12Cl3N5O/c20-12-7-11(15-10-4-2-1-3-9(10)5-6-14(15)28)18(17(22)16(12)21)27-26-13(8-23)19(24)25/h1-7,27-28H,(H3,24,25)/b26-13+. The van der Waals surface area contributed by atoms with E-state index in [0.717, 1.165) is 10.8 Å². The van der Waals surface area contributed by atoms with Crippen molar-refractivity contribution >= 4 is 62.8 Å². The number of nitrogens with two attached hydrogens (primary N) is 1. The molecule has 0 fully saturated rings. The number of phenols is 1. The van der Waals surface area contributed by atoms with Crippen LogP contribution in [0.15, 0.2) is 47.6 Å². The van der Waals surface area contributed by atoms with E-state index < -0.39 is 5.84 Å². The van der Waals surface area contributed by atoms with Crippen molar-refractivity contribution in [1.82, 2.24) is 0 Å². The average molecular weight is 433 g/mol. The van der Waals surface area contributed by atoms with Crippen molar-refractivity contribution in [2.24, 2.45) is 10.8 Å². The van der Waals surface area contributed by atoms with Crippen molar-refractivity contribution in [3.8, 4) is 22.9 Å². The zero-order valence-electron chi connectivity index (χ0n) is 14.1. The van der Waals surface area contributed by atoms with Crippen LogP contribution in [0.1, 0.15) is 0 Å². The zero-order chi connectivity index (χ0) is 20.4. The van der Waals surface area contributed by atoms with Crippen LogP contribution in [0.25, 0.3) is 21.9 Å². The van der Waals surface area contributed by atoms with Crippen molar-refractivity contribution in [3.05, 3.63) is 57.5 Å². The van der Waals surface area contributed by atoms with E-state index in [1.54, 1.807) is 18.2 Å². The summed E-state index contributed by atoms with van der Waals surface area (Å²) in [6.45, 7) is 0. The van der Waals surface area contributed by atoms with Crippen molar-refractivity contribution < 1.29 is 5.11 Å². The maximum atomic E-state index is 10.6. The Morgan fingerprint density at radius 3 is 2.54 bits per heavy atom. The molecule has 0 heterocycles. The molecule has 9 heteroatoms. The minimum Gasteiger partial charge on any atom is -0.507 e. The lowest BCUT2D eigenvalue weighted by atomic mass is 9.96. The lowest BCUT2D eigenvalue weighted by molar-refractivity contribution is 0.478. The smallest absolute Gasteiger partial charge is 0.201 e. The number of benzene rings is 3. The minimum absolute atomic E-state index is 0.00717. The minimum atomic E-state index is -0.513. The van der Waals surface area contributed by atoms with Crippen LogP contribution in [-0.4, -0.2) is 16.7 Å². The Kier molecular flexibility index (Phi) is 5.61. The molecule has 6 nitrogen and oxygen atoms in total. The summed E-state index contributed by atoms with van der Waals surface area (Å²) in [5, 5.41) is 32.7. The molecule has 0 aliphatic rings. The number of phenolic OH excluding ortho intramolecular Hbond substituents is 1. The number of hydrogen-bond acceptors (Lipinski definition) is 5. The van der Waals surface area contributed by atoms with Gasteiger partial charge in [-0.3, -0.25) is 10.8 Å². The maximum absolute atomic E-state index is 10.6. The highest BCUT2D eigenvalue weighted by molar-refractivity contribution is 6.50. The molecule has 0 aromatic heterocycles. The molecule has 0 atom stereocenters. The Morgan fingerprint density at radius 1 is 1.14 bits per heavy atom. The first-order chi connectivity index (χ1) is 13.3. The molecule has 0 aliphatic carbocycles. The second kappa shape index (κ2) is 7.95. The van der Waals surface area contributed by atoms with Gasteiger partial charge in [0.2, 0.25) is 5.71 Å². The first kappa shape index (κ1) is 19.8. The highest BCUT2D eigenvalue weighted by atomic mass is 35.5. The van der Waals surface area contributed by atoms with E-state index in [4.69, 9.17) is 51.2 Å². The number of rotatable bonds is 4. The van der Waals surface area contributed by atoms with E-state index in [0.29, 0.717) is 11.1 Å². The molecule has 0 spiro atoms.